The van der Waals surface area contributed by atoms with Crippen molar-refractivity contribution in [2.75, 3.05) is 5.32 Å². The van der Waals surface area contributed by atoms with Crippen LogP contribution in [0.1, 0.15) is 21.8 Å². The summed E-state index contributed by atoms with van der Waals surface area (Å²) in [6.07, 6.45) is 0. The smallest absolute Gasteiger partial charge is 0.261 e. The lowest BCUT2D eigenvalue weighted by Gasteiger charge is -2.06. The highest BCUT2D eigenvalue weighted by atomic mass is 35.5. The van der Waals surface area contributed by atoms with Crippen molar-refractivity contribution < 1.29 is 9.32 Å². The van der Waals surface area contributed by atoms with Gasteiger partial charge in [-0.25, -0.2) is 0 Å². The number of aryl methyl sites for hydroxylation is 2. The summed E-state index contributed by atoms with van der Waals surface area (Å²) >= 11 is 11.8. The van der Waals surface area contributed by atoms with Gasteiger partial charge in [0.1, 0.15) is 11.3 Å². The molecule has 2 rings (SSSR count). The SMILES string of the molecule is Cc1noc(C)c1C(=O)Nc1ccc(Cl)cc1Cl. The molecule has 0 saturated carbocycles. The third-order valence-corrected chi connectivity index (χ3v) is 2.99. The molecule has 0 fully saturated rings. The number of carbonyl (C=O) groups is 1. The maximum absolute atomic E-state index is 12.1. The molecule has 0 radical (unpaired) electrons. The van der Waals surface area contributed by atoms with Crippen LogP contribution in [0.15, 0.2) is 22.7 Å². The summed E-state index contributed by atoms with van der Waals surface area (Å²) in [5, 5.41) is 7.30. The van der Waals surface area contributed by atoms with Crippen molar-refractivity contribution in [3.05, 3.63) is 45.3 Å². The van der Waals surface area contributed by atoms with E-state index < -0.39 is 0 Å². The largest absolute Gasteiger partial charge is 0.361 e. The number of aromatic nitrogens is 1. The zero-order chi connectivity index (χ0) is 13.3. The van der Waals surface area contributed by atoms with Crippen molar-refractivity contribution in [2.24, 2.45) is 0 Å². The maximum atomic E-state index is 12.1. The van der Waals surface area contributed by atoms with Gasteiger partial charge in [0.05, 0.1) is 16.4 Å². The van der Waals surface area contributed by atoms with Crippen LogP contribution in [-0.2, 0) is 0 Å². The molecule has 18 heavy (non-hydrogen) atoms. The van der Waals surface area contributed by atoms with E-state index in [1.165, 1.54) is 0 Å². The second-order valence-electron chi connectivity index (χ2n) is 3.78. The maximum Gasteiger partial charge on any atom is 0.261 e. The normalized spacial score (nSPS) is 10.4. The Morgan fingerprint density at radius 1 is 1.33 bits per heavy atom. The van der Waals surface area contributed by atoms with Crippen LogP contribution in [0.25, 0.3) is 0 Å². The molecular formula is C12H10Cl2N2O2. The fourth-order valence-corrected chi connectivity index (χ4v) is 2.04. The number of nitrogens with zero attached hydrogens (tertiary/aromatic N) is 1. The fraction of sp³-hybridized carbons (Fsp3) is 0.167. The van der Waals surface area contributed by atoms with Gasteiger partial charge in [-0.05, 0) is 32.0 Å². The second-order valence-corrected chi connectivity index (χ2v) is 4.62. The number of hydrogen-bond donors (Lipinski definition) is 1. The van der Waals surface area contributed by atoms with Gasteiger partial charge < -0.3 is 9.84 Å². The molecule has 1 amide bonds. The summed E-state index contributed by atoms with van der Waals surface area (Å²) in [5.74, 6) is 0.158. The lowest BCUT2D eigenvalue weighted by Crippen LogP contribution is -2.13. The molecule has 94 valence electrons. The van der Waals surface area contributed by atoms with Gasteiger partial charge in [0.15, 0.2) is 0 Å². The topological polar surface area (TPSA) is 55.1 Å². The summed E-state index contributed by atoms with van der Waals surface area (Å²) in [5.41, 5.74) is 1.45. The van der Waals surface area contributed by atoms with Crippen molar-refractivity contribution in [1.82, 2.24) is 5.16 Å². The molecule has 1 N–H and O–H groups in total. The van der Waals surface area contributed by atoms with Crippen molar-refractivity contribution in [1.29, 1.82) is 0 Å². The molecule has 0 unspecified atom stereocenters. The van der Waals surface area contributed by atoms with Gasteiger partial charge in [0, 0.05) is 5.02 Å². The number of halogens is 2. The van der Waals surface area contributed by atoms with E-state index >= 15 is 0 Å². The first-order valence-electron chi connectivity index (χ1n) is 5.18. The Balaban J connectivity index is 2.27. The third-order valence-electron chi connectivity index (χ3n) is 2.44. The summed E-state index contributed by atoms with van der Waals surface area (Å²) in [6.45, 7) is 3.38. The molecule has 1 aromatic heterocycles. The Bertz CT molecular complexity index is 589. The van der Waals surface area contributed by atoms with Gasteiger partial charge >= 0.3 is 0 Å². The van der Waals surface area contributed by atoms with Crippen molar-refractivity contribution in [3.8, 4) is 0 Å². The van der Waals surface area contributed by atoms with E-state index in [4.69, 9.17) is 27.7 Å². The zero-order valence-corrected chi connectivity index (χ0v) is 11.3. The molecule has 6 heteroatoms. The standard InChI is InChI=1S/C12H10Cl2N2O2/c1-6-11(7(2)18-16-6)12(17)15-10-4-3-8(13)5-9(10)14/h3-5H,1-2H3,(H,15,17). The lowest BCUT2D eigenvalue weighted by molar-refractivity contribution is 0.102. The predicted octanol–water partition coefficient (Wildman–Crippen LogP) is 3.85. The van der Waals surface area contributed by atoms with E-state index in [2.05, 4.69) is 10.5 Å². The average molecular weight is 285 g/mol. The first kappa shape index (κ1) is 12.9. The molecule has 4 nitrogen and oxygen atoms in total. The van der Waals surface area contributed by atoms with Gasteiger partial charge in [0.25, 0.3) is 5.91 Å². The third kappa shape index (κ3) is 2.49. The minimum atomic E-state index is -0.310. The fourth-order valence-electron chi connectivity index (χ4n) is 1.58. The molecule has 0 aliphatic heterocycles. The summed E-state index contributed by atoms with van der Waals surface area (Å²) in [6, 6.07) is 4.85. The number of amides is 1. The zero-order valence-electron chi connectivity index (χ0n) is 9.75. The molecule has 1 aromatic carbocycles. The Kier molecular flexibility index (Phi) is 3.59. The number of hydrogen-bond acceptors (Lipinski definition) is 3. The molecule has 1 heterocycles. The molecular weight excluding hydrogens is 275 g/mol. The van der Waals surface area contributed by atoms with E-state index in [9.17, 15) is 4.79 Å². The number of anilines is 1. The molecule has 0 bridgehead atoms. The highest BCUT2D eigenvalue weighted by molar-refractivity contribution is 6.36. The van der Waals surface area contributed by atoms with Gasteiger partial charge in [-0.2, -0.15) is 0 Å². The van der Waals surface area contributed by atoms with Crippen LogP contribution in [0.3, 0.4) is 0 Å². The van der Waals surface area contributed by atoms with Crippen LogP contribution in [0.4, 0.5) is 5.69 Å². The first-order valence-corrected chi connectivity index (χ1v) is 5.94. The van der Waals surface area contributed by atoms with Gasteiger partial charge in [0.2, 0.25) is 0 Å². The molecule has 2 aromatic rings. The Morgan fingerprint density at radius 3 is 2.61 bits per heavy atom. The Labute approximate surface area is 114 Å². The van der Waals surface area contributed by atoms with Crippen LogP contribution in [-0.4, -0.2) is 11.1 Å². The molecule has 0 spiro atoms. The van der Waals surface area contributed by atoms with E-state index in [1.54, 1.807) is 32.0 Å². The van der Waals surface area contributed by atoms with E-state index in [-0.39, 0.29) is 5.91 Å². The summed E-state index contributed by atoms with van der Waals surface area (Å²) in [4.78, 5) is 12.1. The van der Waals surface area contributed by atoms with E-state index in [0.29, 0.717) is 32.8 Å². The van der Waals surface area contributed by atoms with Crippen LogP contribution in [0.2, 0.25) is 10.0 Å². The first-order chi connectivity index (χ1) is 8.49. The lowest BCUT2D eigenvalue weighted by atomic mass is 10.2. The quantitative estimate of drug-likeness (QED) is 0.911. The minimum absolute atomic E-state index is 0.310. The highest BCUT2D eigenvalue weighted by Gasteiger charge is 2.18. The summed E-state index contributed by atoms with van der Waals surface area (Å²) < 4.78 is 4.94. The van der Waals surface area contributed by atoms with Crippen molar-refractivity contribution in [2.45, 2.75) is 13.8 Å². The van der Waals surface area contributed by atoms with Crippen molar-refractivity contribution >= 4 is 34.8 Å². The van der Waals surface area contributed by atoms with Gasteiger partial charge in [-0.1, -0.05) is 28.4 Å². The van der Waals surface area contributed by atoms with Gasteiger partial charge in [-0.15, -0.1) is 0 Å². The number of nitrogens with one attached hydrogen (secondary N) is 1. The number of carbonyl (C=O) groups excluding carboxylic acids is 1. The van der Waals surface area contributed by atoms with Crippen LogP contribution >= 0.6 is 23.2 Å². The van der Waals surface area contributed by atoms with Crippen LogP contribution in [0.5, 0.6) is 0 Å². The summed E-state index contributed by atoms with van der Waals surface area (Å²) in [7, 11) is 0. The minimum Gasteiger partial charge on any atom is -0.361 e. The monoisotopic (exact) mass is 284 g/mol. The number of benzene rings is 1. The van der Waals surface area contributed by atoms with E-state index in [1.807, 2.05) is 0 Å². The van der Waals surface area contributed by atoms with Crippen LogP contribution in [0, 0.1) is 13.8 Å². The second kappa shape index (κ2) is 5.00. The van der Waals surface area contributed by atoms with Gasteiger partial charge in [-0.3, -0.25) is 4.79 Å². The predicted molar refractivity (Wildman–Crippen MR) is 70.4 cm³/mol. The molecule has 0 aliphatic carbocycles. The Hall–Kier alpha value is -1.52. The molecule has 0 aliphatic rings. The highest BCUT2D eigenvalue weighted by Crippen LogP contribution is 2.26. The Morgan fingerprint density at radius 2 is 2.06 bits per heavy atom. The van der Waals surface area contributed by atoms with Crippen molar-refractivity contribution in [3.63, 3.8) is 0 Å². The molecule has 0 saturated heterocycles. The number of rotatable bonds is 2. The van der Waals surface area contributed by atoms with E-state index in [0.717, 1.165) is 0 Å². The molecule has 0 atom stereocenters. The average Bonchev–Trinajstić information content (AvgIpc) is 2.62. The van der Waals surface area contributed by atoms with Crippen LogP contribution < -0.4 is 5.32 Å².